The largest absolute Gasteiger partial charge is 0.361 e. The first-order valence-corrected chi connectivity index (χ1v) is 3.19. The van der Waals surface area contributed by atoms with Gasteiger partial charge >= 0.3 is 5.71 Å². The van der Waals surface area contributed by atoms with Crippen LogP contribution in [0.5, 0.6) is 0 Å². The summed E-state index contributed by atoms with van der Waals surface area (Å²) in [7, 11) is 0. The highest BCUT2D eigenvalue weighted by Crippen LogP contribution is 2.21. The van der Waals surface area contributed by atoms with Gasteiger partial charge in [0.15, 0.2) is 17.0 Å². The molecule has 0 saturated carbocycles. The van der Waals surface area contributed by atoms with Gasteiger partial charge in [0.25, 0.3) is 0 Å². The van der Waals surface area contributed by atoms with Crippen molar-refractivity contribution in [1.82, 2.24) is 0 Å². The van der Waals surface area contributed by atoms with Crippen molar-refractivity contribution in [3.8, 4) is 0 Å². The fourth-order valence-electron chi connectivity index (χ4n) is 0.656. The summed E-state index contributed by atoms with van der Waals surface area (Å²) in [6, 6.07) is 0. The van der Waals surface area contributed by atoms with Crippen LogP contribution in [-0.2, 0) is 0 Å². The molecule has 1 aliphatic rings. The van der Waals surface area contributed by atoms with E-state index in [9.17, 15) is 8.78 Å². The molecule has 1 atom stereocenters. The number of alkyl halides is 1. The summed E-state index contributed by atoms with van der Waals surface area (Å²) in [4.78, 5) is 2.67. The highest BCUT2D eigenvalue weighted by molar-refractivity contribution is 6.34. The second-order valence-corrected chi connectivity index (χ2v) is 2.40. The van der Waals surface area contributed by atoms with Crippen LogP contribution < -0.4 is 0 Å². The van der Waals surface area contributed by atoms with Crippen LogP contribution >= 0.6 is 11.6 Å². The number of rotatable bonds is 0. The molecular weight excluding hydrogens is 174 g/mol. The molecule has 0 amide bonds. The van der Waals surface area contributed by atoms with E-state index in [1.54, 1.807) is 0 Å². The summed E-state index contributed by atoms with van der Waals surface area (Å²) in [5.74, 6) is -2.10. The zero-order valence-electron chi connectivity index (χ0n) is 5.26. The predicted molar refractivity (Wildman–Crippen MR) is 36.6 cm³/mol. The average Bonchev–Trinajstić information content (AvgIpc) is 1.97. The molecule has 0 aromatic heterocycles. The molecule has 0 aliphatic heterocycles. The van der Waals surface area contributed by atoms with Crippen LogP contribution in [0.15, 0.2) is 23.8 Å². The third kappa shape index (κ3) is 1.53. The lowest BCUT2D eigenvalue weighted by Crippen LogP contribution is -2.14. The van der Waals surface area contributed by atoms with Crippen LogP contribution in [0, 0.1) is 0 Å². The molecule has 1 unspecified atom stereocenters. The maximum atomic E-state index is 12.4. The van der Waals surface area contributed by atoms with Crippen LogP contribution in [-0.4, -0.2) is 15.9 Å². The molecule has 0 aromatic carbocycles. The monoisotopic (exact) mass is 176 g/mol. The second-order valence-electron chi connectivity index (χ2n) is 1.93. The maximum absolute atomic E-state index is 12.4. The first-order chi connectivity index (χ1) is 5.15. The van der Waals surface area contributed by atoms with Crippen LogP contribution in [0.3, 0.4) is 0 Å². The molecule has 0 fully saturated rings. The SMILES string of the molecule is [N-]=[N+]=C1C=C(F)C(F)=CC1Cl. The summed E-state index contributed by atoms with van der Waals surface area (Å²) in [6.45, 7) is 0. The van der Waals surface area contributed by atoms with Crippen molar-refractivity contribution >= 4 is 17.3 Å². The van der Waals surface area contributed by atoms with E-state index in [-0.39, 0.29) is 5.71 Å². The zero-order valence-corrected chi connectivity index (χ0v) is 6.02. The Kier molecular flexibility index (Phi) is 2.17. The zero-order chi connectivity index (χ0) is 8.43. The van der Waals surface area contributed by atoms with Crippen molar-refractivity contribution in [2.24, 2.45) is 0 Å². The number of halogens is 3. The minimum atomic E-state index is -1.07. The Hall–Kier alpha value is -0.990. The molecule has 0 N–H and O–H groups in total. The van der Waals surface area contributed by atoms with Crippen molar-refractivity contribution in [2.45, 2.75) is 5.38 Å². The molecule has 58 valence electrons. The van der Waals surface area contributed by atoms with E-state index in [0.29, 0.717) is 0 Å². The van der Waals surface area contributed by atoms with E-state index in [2.05, 4.69) is 4.79 Å². The fourth-order valence-corrected chi connectivity index (χ4v) is 0.873. The third-order valence-corrected chi connectivity index (χ3v) is 1.54. The lowest BCUT2D eigenvalue weighted by atomic mass is 10.1. The van der Waals surface area contributed by atoms with E-state index >= 15 is 0 Å². The van der Waals surface area contributed by atoms with Crippen molar-refractivity contribution in [3.63, 3.8) is 0 Å². The molecule has 11 heavy (non-hydrogen) atoms. The minimum Gasteiger partial charge on any atom is -0.361 e. The third-order valence-electron chi connectivity index (χ3n) is 1.19. The van der Waals surface area contributed by atoms with E-state index in [4.69, 9.17) is 17.1 Å². The molecule has 0 radical (unpaired) electrons. The number of nitrogens with zero attached hydrogens (tertiary/aromatic N) is 2. The average molecular weight is 177 g/mol. The number of hydrogen-bond donors (Lipinski definition) is 0. The fraction of sp³-hybridized carbons (Fsp3) is 0.167. The molecule has 1 aliphatic carbocycles. The van der Waals surface area contributed by atoms with E-state index in [0.717, 1.165) is 12.2 Å². The highest BCUT2D eigenvalue weighted by atomic mass is 35.5. The van der Waals surface area contributed by atoms with Crippen molar-refractivity contribution in [1.29, 1.82) is 0 Å². The first kappa shape index (κ1) is 8.11. The van der Waals surface area contributed by atoms with Gasteiger partial charge in [-0.05, 0) is 6.08 Å². The number of allylic oxidation sites excluding steroid dienone is 4. The molecule has 2 nitrogen and oxygen atoms in total. The number of hydrogen-bond acceptors (Lipinski definition) is 0. The molecule has 0 saturated heterocycles. The molecular formula is C6H3ClF2N2. The Bertz CT molecular complexity index is 289. The van der Waals surface area contributed by atoms with Crippen LogP contribution in [0.4, 0.5) is 8.78 Å². The Morgan fingerprint density at radius 2 is 2.09 bits per heavy atom. The molecule has 1 rings (SSSR count). The topological polar surface area (TPSA) is 36.4 Å². The van der Waals surface area contributed by atoms with Gasteiger partial charge in [-0.3, -0.25) is 0 Å². The Morgan fingerprint density at radius 1 is 1.45 bits per heavy atom. The lowest BCUT2D eigenvalue weighted by molar-refractivity contribution is -0.00537. The Balaban J connectivity index is 3.07. The lowest BCUT2D eigenvalue weighted by Gasteiger charge is -2.01. The van der Waals surface area contributed by atoms with Gasteiger partial charge in [0.2, 0.25) is 0 Å². The predicted octanol–water partition coefficient (Wildman–Crippen LogP) is 1.98. The maximum Gasteiger partial charge on any atom is 0.316 e. The Labute approximate surface area is 66.4 Å². The van der Waals surface area contributed by atoms with Gasteiger partial charge in [0.1, 0.15) is 0 Å². The molecule has 0 spiro atoms. The van der Waals surface area contributed by atoms with Gasteiger partial charge in [-0.1, -0.05) is 0 Å². The van der Waals surface area contributed by atoms with Gasteiger partial charge in [-0.15, -0.1) is 11.6 Å². The Morgan fingerprint density at radius 3 is 2.64 bits per heavy atom. The van der Waals surface area contributed by atoms with Crippen LogP contribution in [0.1, 0.15) is 0 Å². The van der Waals surface area contributed by atoms with Gasteiger partial charge in [0, 0.05) is 0 Å². The first-order valence-electron chi connectivity index (χ1n) is 2.76. The van der Waals surface area contributed by atoms with E-state index in [1.165, 1.54) is 0 Å². The summed E-state index contributed by atoms with van der Waals surface area (Å²) < 4.78 is 24.7. The van der Waals surface area contributed by atoms with Gasteiger partial charge in [-0.2, -0.15) is 4.79 Å². The highest BCUT2D eigenvalue weighted by Gasteiger charge is 2.25. The quantitative estimate of drug-likeness (QED) is 0.308. The summed E-state index contributed by atoms with van der Waals surface area (Å²) >= 11 is 5.42. The normalized spacial score (nSPS) is 23.9. The molecule has 0 aromatic rings. The van der Waals surface area contributed by atoms with Gasteiger partial charge in [0.05, 0.1) is 6.08 Å². The van der Waals surface area contributed by atoms with Gasteiger partial charge < -0.3 is 5.53 Å². The van der Waals surface area contributed by atoms with Crippen molar-refractivity contribution in [2.75, 3.05) is 0 Å². The second kappa shape index (κ2) is 2.95. The van der Waals surface area contributed by atoms with E-state index < -0.39 is 17.0 Å². The van der Waals surface area contributed by atoms with Crippen LogP contribution in [0.25, 0.3) is 5.53 Å². The molecule has 5 heteroatoms. The molecule has 0 bridgehead atoms. The summed E-state index contributed by atoms with van der Waals surface area (Å²) in [5.41, 5.74) is 8.10. The van der Waals surface area contributed by atoms with Crippen molar-refractivity contribution < 1.29 is 13.6 Å². The summed E-state index contributed by atoms with van der Waals surface area (Å²) in [6.07, 6.45) is 1.57. The van der Waals surface area contributed by atoms with Crippen LogP contribution in [0.2, 0.25) is 0 Å². The minimum absolute atomic E-state index is 0.106. The standard InChI is InChI=1S/C6H3ClF2N2/c7-3-1-4(8)5(9)2-6(3)11-10/h1-3H. The molecule has 0 heterocycles. The summed E-state index contributed by atoms with van der Waals surface area (Å²) in [5, 5.41) is -0.903. The van der Waals surface area contributed by atoms with Crippen molar-refractivity contribution in [3.05, 3.63) is 29.3 Å². The van der Waals surface area contributed by atoms with E-state index in [1.807, 2.05) is 0 Å². The smallest absolute Gasteiger partial charge is 0.316 e. The van der Waals surface area contributed by atoms with Gasteiger partial charge in [-0.25, -0.2) is 8.78 Å².